The van der Waals surface area contributed by atoms with E-state index in [1.165, 1.54) is 17.6 Å². The van der Waals surface area contributed by atoms with Crippen molar-refractivity contribution in [2.45, 2.75) is 11.1 Å². The Morgan fingerprint density at radius 2 is 1.93 bits per heavy atom. The van der Waals surface area contributed by atoms with Gasteiger partial charge in [0.05, 0.1) is 0 Å². The number of hydrogen-bond donors (Lipinski definition) is 0. The fourth-order valence-corrected chi connectivity index (χ4v) is 3.40. The Bertz CT molecular complexity index is 579. The first-order valence-corrected chi connectivity index (χ1v) is 6.88. The number of benzene rings is 1. The third kappa shape index (κ3) is 1.67. The quantitative estimate of drug-likeness (QED) is 0.749. The maximum absolute atomic E-state index is 11.3. The van der Waals surface area contributed by atoms with Crippen LogP contribution < -0.4 is 0 Å². The SMILES string of the molecule is Cc1ccc2cc(S(C)(=O)=O)sc2c1. The van der Waals surface area contributed by atoms with Crippen molar-refractivity contribution < 1.29 is 8.42 Å². The normalized spacial score (nSPS) is 12.1. The minimum absolute atomic E-state index is 0.443. The van der Waals surface area contributed by atoms with E-state index < -0.39 is 9.84 Å². The first-order chi connectivity index (χ1) is 6.47. The fraction of sp³-hybridized carbons (Fsp3) is 0.200. The third-order valence-electron chi connectivity index (χ3n) is 2.02. The summed E-state index contributed by atoms with van der Waals surface area (Å²) in [6, 6.07) is 7.68. The van der Waals surface area contributed by atoms with Crippen molar-refractivity contribution in [2.75, 3.05) is 6.26 Å². The molecule has 1 aromatic heterocycles. The van der Waals surface area contributed by atoms with E-state index in [0.29, 0.717) is 4.21 Å². The molecule has 0 saturated carbocycles. The molecule has 0 aliphatic carbocycles. The minimum atomic E-state index is -3.06. The minimum Gasteiger partial charge on any atom is -0.223 e. The standard InChI is InChI=1S/C10H10O2S2/c1-7-3-4-8-6-10(14(2,11)12)13-9(8)5-7/h3-6H,1-2H3. The molecule has 2 aromatic rings. The van der Waals surface area contributed by atoms with Crippen LogP contribution in [-0.2, 0) is 9.84 Å². The molecule has 1 heterocycles. The second kappa shape index (κ2) is 3.07. The van der Waals surface area contributed by atoms with Gasteiger partial charge in [-0.3, -0.25) is 0 Å². The predicted octanol–water partition coefficient (Wildman–Crippen LogP) is 2.61. The van der Waals surface area contributed by atoms with E-state index in [-0.39, 0.29) is 0 Å². The van der Waals surface area contributed by atoms with E-state index >= 15 is 0 Å². The van der Waals surface area contributed by atoms with Crippen LogP contribution in [-0.4, -0.2) is 14.7 Å². The summed E-state index contributed by atoms with van der Waals surface area (Å²) in [5.41, 5.74) is 1.15. The van der Waals surface area contributed by atoms with Crippen molar-refractivity contribution in [3.8, 4) is 0 Å². The largest absolute Gasteiger partial charge is 0.223 e. The monoisotopic (exact) mass is 226 g/mol. The number of hydrogen-bond acceptors (Lipinski definition) is 3. The lowest BCUT2D eigenvalue weighted by Gasteiger charge is -1.89. The summed E-state index contributed by atoms with van der Waals surface area (Å²) in [4.78, 5) is 0. The van der Waals surface area contributed by atoms with Crippen LogP contribution in [0.4, 0.5) is 0 Å². The van der Waals surface area contributed by atoms with Gasteiger partial charge in [0.15, 0.2) is 9.84 Å². The second-order valence-electron chi connectivity index (χ2n) is 3.38. The highest BCUT2D eigenvalue weighted by Crippen LogP contribution is 2.29. The summed E-state index contributed by atoms with van der Waals surface area (Å²) >= 11 is 1.33. The van der Waals surface area contributed by atoms with Crippen molar-refractivity contribution in [3.63, 3.8) is 0 Å². The second-order valence-corrected chi connectivity index (χ2v) is 6.71. The van der Waals surface area contributed by atoms with Crippen LogP contribution >= 0.6 is 11.3 Å². The molecule has 0 unspecified atom stereocenters. The summed E-state index contributed by atoms with van der Waals surface area (Å²) in [7, 11) is -3.06. The molecular weight excluding hydrogens is 216 g/mol. The molecule has 0 aliphatic heterocycles. The van der Waals surface area contributed by atoms with E-state index in [9.17, 15) is 8.42 Å². The van der Waals surface area contributed by atoms with Crippen molar-refractivity contribution in [1.29, 1.82) is 0 Å². The van der Waals surface area contributed by atoms with Gasteiger partial charge >= 0.3 is 0 Å². The van der Waals surface area contributed by atoms with Crippen LogP contribution in [0.3, 0.4) is 0 Å². The van der Waals surface area contributed by atoms with E-state index in [2.05, 4.69) is 0 Å². The summed E-state index contributed by atoms with van der Waals surface area (Å²) in [6.45, 7) is 2.00. The number of fused-ring (bicyclic) bond motifs is 1. The highest BCUT2D eigenvalue weighted by molar-refractivity contribution is 7.92. The molecule has 0 spiro atoms. The average Bonchev–Trinajstić information content (AvgIpc) is 2.45. The molecule has 14 heavy (non-hydrogen) atoms. The number of thiophene rings is 1. The number of sulfone groups is 1. The topological polar surface area (TPSA) is 34.1 Å². The zero-order chi connectivity index (χ0) is 10.3. The van der Waals surface area contributed by atoms with Crippen molar-refractivity contribution in [1.82, 2.24) is 0 Å². The zero-order valence-electron chi connectivity index (χ0n) is 7.94. The van der Waals surface area contributed by atoms with Crippen molar-refractivity contribution in [3.05, 3.63) is 29.8 Å². The Hall–Kier alpha value is -0.870. The Morgan fingerprint density at radius 3 is 2.57 bits per heavy atom. The molecule has 0 radical (unpaired) electrons. The van der Waals surface area contributed by atoms with Gasteiger partial charge in [-0.1, -0.05) is 12.1 Å². The molecule has 74 valence electrons. The zero-order valence-corrected chi connectivity index (χ0v) is 9.58. The molecule has 0 aliphatic rings. The first-order valence-electron chi connectivity index (χ1n) is 4.17. The highest BCUT2D eigenvalue weighted by atomic mass is 32.2. The van der Waals surface area contributed by atoms with Gasteiger partial charge in [-0.2, -0.15) is 0 Å². The van der Waals surface area contributed by atoms with Gasteiger partial charge in [-0.25, -0.2) is 8.42 Å². The number of aryl methyl sites for hydroxylation is 1. The smallest absolute Gasteiger partial charge is 0.184 e. The molecule has 0 amide bonds. The van der Waals surface area contributed by atoms with Crippen LogP contribution in [0.5, 0.6) is 0 Å². The van der Waals surface area contributed by atoms with Crippen molar-refractivity contribution in [2.24, 2.45) is 0 Å². The van der Waals surface area contributed by atoms with E-state index in [1.54, 1.807) is 6.07 Å². The van der Waals surface area contributed by atoms with Crippen LogP contribution in [0.1, 0.15) is 5.56 Å². The molecule has 2 nitrogen and oxygen atoms in total. The Balaban J connectivity index is 2.75. The van der Waals surface area contributed by atoms with Gasteiger partial charge in [-0.05, 0) is 30.0 Å². The van der Waals surface area contributed by atoms with Crippen LogP contribution in [0.15, 0.2) is 28.5 Å². The Kier molecular flexibility index (Phi) is 2.12. The van der Waals surface area contributed by atoms with Gasteiger partial charge in [0, 0.05) is 11.0 Å². The van der Waals surface area contributed by atoms with E-state index in [4.69, 9.17) is 0 Å². The van der Waals surface area contributed by atoms with Crippen molar-refractivity contribution >= 4 is 31.3 Å². The predicted molar refractivity (Wildman–Crippen MR) is 59.7 cm³/mol. The molecule has 0 fully saturated rings. The summed E-state index contributed by atoms with van der Waals surface area (Å²) in [5.74, 6) is 0. The number of rotatable bonds is 1. The lowest BCUT2D eigenvalue weighted by molar-refractivity contribution is 0.604. The maximum Gasteiger partial charge on any atom is 0.184 e. The van der Waals surface area contributed by atoms with E-state index in [1.807, 2.05) is 25.1 Å². The van der Waals surface area contributed by atoms with E-state index in [0.717, 1.165) is 15.6 Å². The van der Waals surface area contributed by atoms with Crippen LogP contribution in [0.2, 0.25) is 0 Å². The average molecular weight is 226 g/mol. The molecule has 1 aromatic carbocycles. The summed E-state index contributed by atoms with van der Waals surface area (Å²) < 4.78 is 24.1. The molecular formula is C10H10O2S2. The lowest BCUT2D eigenvalue weighted by Crippen LogP contribution is -1.91. The first kappa shape index (κ1) is 9.68. The summed E-state index contributed by atoms with van der Waals surface area (Å²) in [6.07, 6.45) is 1.24. The van der Waals surface area contributed by atoms with Gasteiger partial charge < -0.3 is 0 Å². The third-order valence-corrected chi connectivity index (χ3v) is 4.92. The van der Waals surface area contributed by atoms with Crippen LogP contribution in [0.25, 0.3) is 10.1 Å². The molecule has 0 saturated heterocycles. The molecule has 0 bridgehead atoms. The van der Waals surface area contributed by atoms with Crippen LogP contribution in [0, 0.1) is 6.92 Å². The van der Waals surface area contributed by atoms with Gasteiger partial charge in [0.2, 0.25) is 0 Å². The Morgan fingerprint density at radius 1 is 1.21 bits per heavy atom. The fourth-order valence-electron chi connectivity index (χ4n) is 1.30. The maximum atomic E-state index is 11.3. The van der Waals surface area contributed by atoms with Gasteiger partial charge in [0.25, 0.3) is 0 Å². The highest BCUT2D eigenvalue weighted by Gasteiger charge is 2.11. The molecule has 0 N–H and O–H groups in total. The molecule has 0 atom stereocenters. The molecule has 4 heteroatoms. The van der Waals surface area contributed by atoms with Gasteiger partial charge in [-0.15, -0.1) is 11.3 Å². The Labute approximate surface area is 87.1 Å². The van der Waals surface area contributed by atoms with Gasteiger partial charge in [0.1, 0.15) is 4.21 Å². The summed E-state index contributed by atoms with van der Waals surface area (Å²) in [5, 5.41) is 1.00. The molecule has 2 rings (SSSR count). The lowest BCUT2D eigenvalue weighted by atomic mass is 10.2.